The Hall–Kier alpha value is -0.0800. The first-order chi connectivity index (χ1) is 4.95. The van der Waals surface area contributed by atoms with Gasteiger partial charge in [0.05, 0.1) is 13.1 Å². The summed E-state index contributed by atoms with van der Waals surface area (Å²) < 4.78 is 0. The Morgan fingerprint density at radius 3 is 2.50 bits per heavy atom. The van der Waals surface area contributed by atoms with Gasteiger partial charge in [-0.3, -0.25) is 4.90 Å². The Balaban J connectivity index is 1.69. The van der Waals surface area contributed by atoms with E-state index in [0.717, 1.165) is 5.92 Å². The molecule has 1 aliphatic heterocycles. The number of nitrogens with two attached hydrogens (primary N) is 1. The topological polar surface area (TPSA) is 19.9 Å². The maximum absolute atomic E-state index is 2.62. The second-order valence-corrected chi connectivity index (χ2v) is 3.61. The zero-order chi connectivity index (χ0) is 6.81. The van der Waals surface area contributed by atoms with Crippen molar-refractivity contribution < 1.29 is 5.32 Å². The SMILES string of the molecule is C1CN(CC2CC2)CC[NH2+]1. The highest BCUT2D eigenvalue weighted by Crippen LogP contribution is 2.29. The van der Waals surface area contributed by atoms with Gasteiger partial charge in [-0.05, 0) is 18.8 Å². The lowest BCUT2D eigenvalue weighted by molar-refractivity contribution is -0.663. The fourth-order valence-corrected chi connectivity index (χ4v) is 1.65. The Labute approximate surface area is 62.6 Å². The molecule has 10 heavy (non-hydrogen) atoms. The predicted octanol–water partition coefficient (Wildman–Crippen LogP) is -0.725. The van der Waals surface area contributed by atoms with Crippen molar-refractivity contribution in [3.8, 4) is 0 Å². The summed E-state index contributed by atoms with van der Waals surface area (Å²) in [6.07, 6.45) is 3.00. The summed E-state index contributed by atoms with van der Waals surface area (Å²) in [7, 11) is 0. The lowest BCUT2D eigenvalue weighted by atomic mass is 10.3. The average Bonchev–Trinajstić information content (AvgIpc) is 2.74. The van der Waals surface area contributed by atoms with Crippen LogP contribution in [0.15, 0.2) is 0 Å². The van der Waals surface area contributed by atoms with E-state index in [9.17, 15) is 0 Å². The minimum absolute atomic E-state index is 1.08. The quantitative estimate of drug-likeness (QED) is 0.538. The van der Waals surface area contributed by atoms with Gasteiger partial charge < -0.3 is 5.32 Å². The van der Waals surface area contributed by atoms with Crippen molar-refractivity contribution in [2.75, 3.05) is 32.7 Å². The van der Waals surface area contributed by atoms with Gasteiger partial charge in [0.15, 0.2) is 0 Å². The van der Waals surface area contributed by atoms with Crippen molar-refractivity contribution in [2.24, 2.45) is 5.92 Å². The van der Waals surface area contributed by atoms with Gasteiger partial charge in [-0.15, -0.1) is 0 Å². The number of hydrogen-bond acceptors (Lipinski definition) is 1. The van der Waals surface area contributed by atoms with Gasteiger partial charge in [-0.25, -0.2) is 0 Å². The molecule has 2 N–H and O–H groups in total. The van der Waals surface area contributed by atoms with Gasteiger partial charge in [0.1, 0.15) is 0 Å². The molecule has 2 heteroatoms. The summed E-state index contributed by atoms with van der Waals surface area (Å²) in [6.45, 7) is 6.71. The number of rotatable bonds is 2. The van der Waals surface area contributed by atoms with Crippen LogP contribution in [0.5, 0.6) is 0 Å². The Morgan fingerprint density at radius 1 is 1.20 bits per heavy atom. The number of hydrogen-bond donors (Lipinski definition) is 1. The van der Waals surface area contributed by atoms with E-state index in [2.05, 4.69) is 10.2 Å². The summed E-state index contributed by atoms with van der Waals surface area (Å²) >= 11 is 0. The molecule has 0 radical (unpaired) electrons. The van der Waals surface area contributed by atoms with Crippen molar-refractivity contribution in [2.45, 2.75) is 12.8 Å². The maximum Gasteiger partial charge on any atom is 0.0885 e. The van der Waals surface area contributed by atoms with Crippen LogP contribution in [-0.2, 0) is 0 Å². The Kier molecular flexibility index (Phi) is 1.91. The average molecular weight is 141 g/mol. The first kappa shape index (κ1) is 6.62. The Bertz CT molecular complexity index is 104. The van der Waals surface area contributed by atoms with E-state index >= 15 is 0 Å². The predicted molar refractivity (Wildman–Crippen MR) is 40.8 cm³/mol. The third-order valence-corrected chi connectivity index (χ3v) is 2.51. The summed E-state index contributed by atoms with van der Waals surface area (Å²) in [5.41, 5.74) is 0. The molecule has 2 nitrogen and oxygen atoms in total. The van der Waals surface area contributed by atoms with Crippen molar-refractivity contribution in [3.05, 3.63) is 0 Å². The highest BCUT2D eigenvalue weighted by Gasteiger charge is 2.25. The second kappa shape index (κ2) is 2.89. The smallest absolute Gasteiger partial charge is 0.0885 e. The molecule has 0 aromatic heterocycles. The molecule has 0 aromatic rings. The molecule has 0 bridgehead atoms. The van der Waals surface area contributed by atoms with Crippen LogP contribution in [0.1, 0.15) is 12.8 Å². The van der Waals surface area contributed by atoms with E-state index < -0.39 is 0 Å². The lowest BCUT2D eigenvalue weighted by Crippen LogP contribution is -2.89. The van der Waals surface area contributed by atoms with Crippen LogP contribution in [0.3, 0.4) is 0 Å². The van der Waals surface area contributed by atoms with Gasteiger partial charge in [0, 0.05) is 19.6 Å². The number of piperazine rings is 1. The molecule has 0 amide bonds. The monoisotopic (exact) mass is 141 g/mol. The second-order valence-electron chi connectivity index (χ2n) is 3.61. The minimum Gasteiger partial charge on any atom is -0.344 e. The molecular weight excluding hydrogens is 124 g/mol. The van der Waals surface area contributed by atoms with Crippen LogP contribution in [0.4, 0.5) is 0 Å². The first-order valence-corrected chi connectivity index (χ1v) is 4.49. The van der Waals surface area contributed by atoms with E-state index in [1.165, 1.54) is 45.6 Å². The van der Waals surface area contributed by atoms with Crippen LogP contribution >= 0.6 is 0 Å². The molecule has 58 valence electrons. The van der Waals surface area contributed by atoms with E-state index in [4.69, 9.17) is 0 Å². The van der Waals surface area contributed by atoms with Gasteiger partial charge in [0.25, 0.3) is 0 Å². The fourth-order valence-electron chi connectivity index (χ4n) is 1.65. The van der Waals surface area contributed by atoms with E-state index in [1.807, 2.05) is 0 Å². The molecule has 0 atom stereocenters. The highest BCUT2D eigenvalue weighted by molar-refractivity contribution is 4.77. The van der Waals surface area contributed by atoms with E-state index in [-0.39, 0.29) is 0 Å². The van der Waals surface area contributed by atoms with Crippen LogP contribution in [-0.4, -0.2) is 37.6 Å². The zero-order valence-corrected chi connectivity index (χ0v) is 6.55. The summed E-state index contributed by atoms with van der Waals surface area (Å²) in [5, 5.41) is 2.42. The summed E-state index contributed by atoms with van der Waals surface area (Å²) in [5.74, 6) is 1.08. The molecule has 1 saturated heterocycles. The molecule has 1 aliphatic carbocycles. The van der Waals surface area contributed by atoms with Crippen LogP contribution in [0, 0.1) is 5.92 Å². The lowest BCUT2D eigenvalue weighted by Gasteiger charge is -2.24. The molecule has 1 saturated carbocycles. The largest absolute Gasteiger partial charge is 0.344 e. The van der Waals surface area contributed by atoms with Crippen LogP contribution in [0.25, 0.3) is 0 Å². The zero-order valence-electron chi connectivity index (χ0n) is 6.55. The van der Waals surface area contributed by atoms with Crippen molar-refractivity contribution in [1.29, 1.82) is 0 Å². The third-order valence-electron chi connectivity index (χ3n) is 2.51. The molecule has 0 spiro atoms. The van der Waals surface area contributed by atoms with Crippen molar-refractivity contribution in [3.63, 3.8) is 0 Å². The molecule has 0 unspecified atom stereocenters. The summed E-state index contributed by atoms with van der Waals surface area (Å²) in [6, 6.07) is 0. The first-order valence-electron chi connectivity index (χ1n) is 4.49. The fraction of sp³-hybridized carbons (Fsp3) is 1.00. The molecule has 2 aliphatic rings. The highest BCUT2D eigenvalue weighted by atomic mass is 15.2. The molecular formula is C8H17N2+. The maximum atomic E-state index is 2.62. The van der Waals surface area contributed by atoms with Gasteiger partial charge in [-0.2, -0.15) is 0 Å². The van der Waals surface area contributed by atoms with Crippen molar-refractivity contribution >= 4 is 0 Å². The number of quaternary nitrogens is 1. The van der Waals surface area contributed by atoms with Gasteiger partial charge in [0.2, 0.25) is 0 Å². The number of nitrogens with zero attached hydrogens (tertiary/aromatic N) is 1. The third kappa shape index (κ3) is 1.70. The van der Waals surface area contributed by atoms with Crippen molar-refractivity contribution in [1.82, 2.24) is 4.90 Å². The van der Waals surface area contributed by atoms with Crippen LogP contribution < -0.4 is 5.32 Å². The van der Waals surface area contributed by atoms with Gasteiger partial charge in [-0.1, -0.05) is 0 Å². The Morgan fingerprint density at radius 2 is 1.90 bits per heavy atom. The normalized spacial score (nSPS) is 28.8. The molecule has 1 heterocycles. The van der Waals surface area contributed by atoms with Gasteiger partial charge >= 0.3 is 0 Å². The molecule has 2 rings (SSSR count). The van der Waals surface area contributed by atoms with Crippen LogP contribution in [0.2, 0.25) is 0 Å². The standard InChI is InChI=1S/C8H16N2/c1-2-8(1)7-10-5-3-9-4-6-10/h8-9H,1-7H2/p+1. The summed E-state index contributed by atoms with van der Waals surface area (Å²) in [4.78, 5) is 2.62. The molecule has 0 aromatic carbocycles. The van der Waals surface area contributed by atoms with E-state index in [1.54, 1.807) is 0 Å². The van der Waals surface area contributed by atoms with E-state index in [0.29, 0.717) is 0 Å². The minimum atomic E-state index is 1.08. The molecule has 2 fully saturated rings.